The molecule has 2 atom stereocenters. The van der Waals surface area contributed by atoms with Gasteiger partial charge in [-0.3, -0.25) is 14.2 Å². The topological polar surface area (TPSA) is 99.2 Å². The van der Waals surface area contributed by atoms with E-state index in [0.29, 0.717) is 47.2 Å². The lowest BCUT2D eigenvalue weighted by Crippen LogP contribution is -2.31. The fourth-order valence-corrected chi connectivity index (χ4v) is 4.92. The van der Waals surface area contributed by atoms with Crippen LogP contribution in [0, 0.1) is 6.92 Å². The number of carbonyl (C=O) groups excluding carboxylic acids is 1. The fourth-order valence-electron chi connectivity index (χ4n) is 3.78. The van der Waals surface area contributed by atoms with Crippen molar-refractivity contribution in [3.05, 3.63) is 46.4 Å². The SMILES string of the molecule is CCCC[C@H](Sc1nc2ccccc2c(=O)n1C[C@@H]1CCCO1)C(=O)Nc1cc(C)on1. The van der Waals surface area contributed by atoms with Gasteiger partial charge in [-0.1, -0.05) is 48.8 Å². The van der Waals surface area contributed by atoms with Gasteiger partial charge in [-0.15, -0.1) is 0 Å². The summed E-state index contributed by atoms with van der Waals surface area (Å²) in [7, 11) is 0. The molecule has 0 unspecified atom stereocenters. The molecule has 1 saturated heterocycles. The van der Waals surface area contributed by atoms with Crippen molar-refractivity contribution >= 4 is 34.4 Å². The first kappa shape index (κ1) is 22.5. The summed E-state index contributed by atoms with van der Waals surface area (Å²) in [6.45, 7) is 5.00. The second-order valence-corrected chi connectivity index (χ2v) is 9.19. The molecular weight excluding hydrogens is 428 g/mol. The third-order valence-corrected chi connectivity index (χ3v) is 6.73. The smallest absolute Gasteiger partial charge is 0.262 e. The highest BCUT2D eigenvalue weighted by Gasteiger charge is 2.26. The molecule has 0 bridgehead atoms. The molecule has 3 heterocycles. The van der Waals surface area contributed by atoms with E-state index in [1.54, 1.807) is 23.6 Å². The van der Waals surface area contributed by atoms with Crippen LogP contribution in [0.2, 0.25) is 0 Å². The Balaban J connectivity index is 1.66. The van der Waals surface area contributed by atoms with Crippen molar-refractivity contribution in [2.45, 2.75) is 69.0 Å². The number of amides is 1. The van der Waals surface area contributed by atoms with Gasteiger partial charge in [0.2, 0.25) is 5.91 Å². The van der Waals surface area contributed by atoms with Crippen LogP contribution in [0.4, 0.5) is 5.82 Å². The van der Waals surface area contributed by atoms with Crippen LogP contribution in [0.15, 0.2) is 44.8 Å². The van der Waals surface area contributed by atoms with E-state index < -0.39 is 5.25 Å². The van der Waals surface area contributed by atoms with Crippen LogP contribution in [-0.2, 0) is 16.1 Å². The number of nitrogens with one attached hydrogen (secondary N) is 1. The minimum absolute atomic E-state index is 0.0176. The standard InChI is InChI=1S/C23H28N4O4S/c1-3-4-11-19(21(28)25-20-13-15(2)31-26-20)32-23-24-18-10-6-5-9-17(18)22(29)27(23)14-16-8-7-12-30-16/h5-6,9-10,13,16,19H,3-4,7-8,11-12,14H2,1-2H3,(H,25,26,28)/t16-,19-/m0/s1. The minimum Gasteiger partial charge on any atom is -0.376 e. The van der Waals surface area contributed by atoms with Crippen molar-refractivity contribution in [1.82, 2.24) is 14.7 Å². The van der Waals surface area contributed by atoms with Gasteiger partial charge in [0.25, 0.3) is 5.56 Å². The summed E-state index contributed by atoms with van der Waals surface area (Å²) < 4.78 is 12.5. The zero-order chi connectivity index (χ0) is 22.5. The molecule has 1 aliphatic heterocycles. The van der Waals surface area contributed by atoms with Crippen LogP contribution in [0.25, 0.3) is 10.9 Å². The Bertz CT molecular complexity index is 1140. The van der Waals surface area contributed by atoms with Crippen molar-refractivity contribution in [1.29, 1.82) is 0 Å². The predicted molar refractivity (Wildman–Crippen MR) is 124 cm³/mol. The number of aryl methyl sites for hydroxylation is 1. The monoisotopic (exact) mass is 456 g/mol. The molecule has 170 valence electrons. The number of unbranched alkanes of at least 4 members (excludes halogenated alkanes) is 1. The first-order valence-corrected chi connectivity index (χ1v) is 11.9. The number of thioether (sulfide) groups is 1. The van der Waals surface area contributed by atoms with E-state index in [2.05, 4.69) is 17.4 Å². The van der Waals surface area contributed by atoms with E-state index in [0.717, 1.165) is 25.7 Å². The molecule has 1 N–H and O–H groups in total. The molecule has 0 spiro atoms. The van der Waals surface area contributed by atoms with Gasteiger partial charge < -0.3 is 14.6 Å². The molecule has 1 amide bonds. The molecule has 8 nitrogen and oxygen atoms in total. The number of rotatable bonds is 9. The van der Waals surface area contributed by atoms with E-state index in [1.165, 1.54) is 11.8 Å². The van der Waals surface area contributed by atoms with Gasteiger partial charge >= 0.3 is 0 Å². The maximum Gasteiger partial charge on any atom is 0.262 e. The number of fused-ring (bicyclic) bond motifs is 1. The van der Waals surface area contributed by atoms with E-state index in [-0.39, 0.29) is 17.6 Å². The van der Waals surface area contributed by atoms with Crippen molar-refractivity contribution < 1.29 is 14.1 Å². The summed E-state index contributed by atoms with van der Waals surface area (Å²) in [5.41, 5.74) is 0.528. The van der Waals surface area contributed by atoms with Gasteiger partial charge in [0.15, 0.2) is 11.0 Å². The molecule has 2 aromatic heterocycles. The number of carbonyl (C=O) groups is 1. The molecule has 1 fully saturated rings. The molecule has 0 aliphatic carbocycles. The Labute approximate surface area is 190 Å². The third kappa shape index (κ3) is 5.21. The van der Waals surface area contributed by atoms with Crippen LogP contribution < -0.4 is 10.9 Å². The summed E-state index contributed by atoms with van der Waals surface area (Å²) in [6, 6.07) is 9.00. The summed E-state index contributed by atoms with van der Waals surface area (Å²) in [4.78, 5) is 31.2. The minimum atomic E-state index is -0.421. The Morgan fingerprint density at radius 1 is 1.38 bits per heavy atom. The van der Waals surface area contributed by atoms with E-state index in [1.807, 2.05) is 18.2 Å². The number of para-hydroxylation sites is 1. The molecule has 0 saturated carbocycles. The number of hydrogen-bond acceptors (Lipinski definition) is 7. The molecule has 9 heteroatoms. The summed E-state index contributed by atoms with van der Waals surface area (Å²) in [6.07, 6.45) is 4.38. The summed E-state index contributed by atoms with van der Waals surface area (Å²) >= 11 is 1.33. The zero-order valence-electron chi connectivity index (χ0n) is 18.4. The second kappa shape index (κ2) is 10.3. The Morgan fingerprint density at radius 3 is 2.94 bits per heavy atom. The summed E-state index contributed by atoms with van der Waals surface area (Å²) in [5.74, 6) is 0.834. The molecule has 1 aromatic carbocycles. The van der Waals surface area contributed by atoms with E-state index in [9.17, 15) is 9.59 Å². The van der Waals surface area contributed by atoms with Gasteiger partial charge in [-0.25, -0.2) is 4.98 Å². The van der Waals surface area contributed by atoms with Crippen LogP contribution in [-0.4, -0.2) is 38.6 Å². The number of ether oxygens (including phenoxy) is 1. The second-order valence-electron chi connectivity index (χ2n) is 8.02. The van der Waals surface area contributed by atoms with Crippen molar-refractivity contribution in [2.75, 3.05) is 11.9 Å². The lowest BCUT2D eigenvalue weighted by atomic mass is 10.2. The van der Waals surface area contributed by atoms with Crippen LogP contribution in [0.3, 0.4) is 0 Å². The Morgan fingerprint density at radius 2 is 2.22 bits per heavy atom. The molecule has 4 rings (SSSR count). The normalized spacial score (nSPS) is 17.0. The van der Waals surface area contributed by atoms with Gasteiger partial charge in [0, 0.05) is 12.7 Å². The number of benzene rings is 1. The molecule has 0 radical (unpaired) electrons. The molecule has 3 aromatic rings. The average molecular weight is 457 g/mol. The van der Waals surface area contributed by atoms with Crippen LogP contribution in [0.1, 0.15) is 44.8 Å². The number of aromatic nitrogens is 3. The first-order valence-electron chi connectivity index (χ1n) is 11.1. The van der Waals surface area contributed by atoms with Gasteiger partial charge in [0.1, 0.15) is 5.76 Å². The lowest BCUT2D eigenvalue weighted by Gasteiger charge is -2.20. The lowest BCUT2D eigenvalue weighted by molar-refractivity contribution is -0.115. The molecular formula is C23H28N4O4S. The molecule has 1 aliphatic rings. The number of hydrogen-bond donors (Lipinski definition) is 1. The van der Waals surface area contributed by atoms with E-state index in [4.69, 9.17) is 14.2 Å². The van der Waals surface area contributed by atoms with Gasteiger partial charge in [-0.2, -0.15) is 0 Å². The van der Waals surface area contributed by atoms with Crippen molar-refractivity contribution in [3.8, 4) is 0 Å². The molecule has 32 heavy (non-hydrogen) atoms. The van der Waals surface area contributed by atoms with Crippen molar-refractivity contribution in [2.24, 2.45) is 0 Å². The Kier molecular flexibility index (Phi) is 7.26. The van der Waals surface area contributed by atoms with Gasteiger partial charge in [-0.05, 0) is 38.3 Å². The van der Waals surface area contributed by atoms with Gasteiger partial charge in [0.05, 0.1) is 28.8 Å². The van der Waals surface area contributed by atoms with Crippen LogP contribution >= 0.6 is 11.8 Å². The number of anilines is 1. The zero-order valence-corrected chi connectivity index (χ0v) is 19.2. The number of nitrogens with zero attached hydrogens (tertiary/aromatic N) is 3. The maximum absolute atomic E-state index is 13.3. The summed E-state index contributed by atoms with van der Waals surface area (Å²) in [5, 5.41) is 7.38. The maximum atomic E-state index is 13.3. The highest BCUT2D eigenvalue weighted by Crippen LogP contribution is 2.28. The highest BCUT2D eigenvalue weighted by atomic mass is 32.2. The third-order valence-electron chi connectivity index (χ3n) is 5.48. The van der Waals surface area contributed by atoms with E-state index >= 15 is 0 Å². The fraction of sp³-hybridized carbons (Fsp3) is 0.478. The van der Waals surface area contributed by atoms with Crippen molar-refractivity contribution in [3.63, 3.8) is 0 Å². The average Bonchev–Trinajstić information content (AvgIpc) is 3.45. The first-order chi connectivity index (χ1) is 15.5. The van der Waals surface area contributed by atoms with Crippen LogP contribution in [0.5, 0.6) is 0 Å². The largest absolute Gasteiger partial charge is 0.376 e. The highest BCUT2D eigenvalue weighted by molar-refractivity contribution is 8.00. The predicted octanol–water partition coefficient (Wildman–Crippen LogP) is 4.16. The quantitative estimate of drug-likeness (QED) is 0.381. The Hall–Kier alpha value is -2.65.